The Morgan fingerprint density at radius 3 is 2.69 bits per heavy atom. The molecule has 54 heavy (non-hydrogen) atoms. The number of pyridine rings is 1. The Kier molecular flexibility index (Phi) is 11.6. The van der Waals surface area contributed by atoms with Crippen LogP contribution in [-0.2, 0) is 36.8 Å². The van der Waals surface area contributed by atoms with Gasteiger partial charge in [0.2, 0.25) is 0 Å². The molecule has 1 unspecified atom stereocenters. The van der Waals surface area contributed by atoms with Gasteiger partial charge in [-0.3, -0.25) is 29.4 Å². The van der Waals surface area contributed by atoms with Gasteiger partial charge in [0.15, 0.2) is 0 Å². The molecule has 0 radical (unpaired) electrons. The molecule has 0 spiro atoms. The number of amides is 2. The van der Waals surface area contributed by atoms with Crippen LogP contribution in [0.2, 0.25) is 0 Å². The number of hydrazine groups is 1. The van der Waals surface area contributed by atoms with Crippen molar-refractivity contribution in [3.05, 3.63) is 59.4 Å². The van der Waals surface area contributed by atoms with Crippen molar-refractivity contribution in [2.24, 2.45) is 5.41 Å². The minimum absolute atomic E-state index is 0.189. The van der Waals surface area contributed by atoms with Crippen molar-refractivity contribution < 1.29 is 28.6 Å². The standard InChI is InChI=1S/C42H58N6O6/c1-10-47-34-18-17-28-22-31(34)32(37(47)30-15-11-19-43-36(30)27(2)52-9)23-42(6,7)26-53-39(50)33-16-13-21-48(44-33)38(49)35(25-46-20-12-14-29(28)24-46)45(8)40(51)54-41(3,4)5/h11,14-15,17-19,22,27,33,35,44H,10,12-13,16,20-21,23-26H2,1-9H3/t27-,33-,35-/m0/s1. The number of hydrogen-bond donors (Lipinski definition) is 1. The van der Waals surface area contributed by atoms with Gasteiger partial charge in [0.05, 0.1) is 24.1 Å². The summed E-state index contributed by atoms with van der Waals surface area (Å²) in [6, 6.07) is 9.27. The Labute approximate surface area is 319 Å². The number of carbonyl (C=O) groups excluding carboxylic acids is 3. The molecule has 5 heterocycles. The summed E-state index contributed by atoms with van der Waals surface area (Å²) in [5.74, 6) is -0.679. The Bertz CT molecular complexity index is 1910. The third-order valence-corrected chi connectivity index (χ3v) is 10.8. The second kappa shape index (κ2) is 15.8. The zero-order chi connectivity index (χ0) is 38.9. The Hall–Kier alpha value is -4.26. The lowest BCUT2D eigenvalue weighted by Gasteiger charge is -2.40. The minimum atomic E-state index is -0.849. The smallest absolute Gasteiger partial charge is 0.410 e. The van der Waals surface area contributed by atoms with Crippen molar-refractivity contribution in [2.75, 3.05) is 46.9 Å². The number of fused-ring (bicyclic) bond motifs is 6. The molecule has 12 nitrogen and oxygen atoms in total. The molecule has 6 bridgehead atoms. The molecular weight excluding hydrogens is 684 g/mol. The molecule has 292 valence electrons. The first-order valence-electron chi connectivity index (χ1n) is 19.4. The molecule has 0 aliphatic carbocycles. The van der Waals surface area contributed by atoms with Gasteiger partial charge < -0.3 is 18.8 Å². The lowest BCUT2D eigenvalue weighted by molar-refractivity contribution is -0.156. The van der Waals surface area contributed by atoms with E-state index in [1.165, 1.54) is 21.0 Å². The number of benzene rings is 1. The fraction of sp³-hybridized carbons (Fsp3) is 0.571. The summed E-state index contributed by atoms with van der Waals surface area (Å²) in [5, 5.41) is 2.65. The van der Waals surface area contributed by atoms with E-state index in [1.54, 1.807) is 14.2 Å². The molecule has 3 aromatic rings. The van der Waals surface area contributed by atoms with E-state index in [2.05, 4.69) is 66.0 Å². The molecule has 1 aromatic carbocycles. The molecule has 6 rings (SSSR count). The Balaban J connectivity index is 1.48. The van der Waals surface area contributed by atoms with Crippen molar-refractivity contribution in [3.63, 3.8) is 0 Å². The van der Waals surface area contributed by atoms with Gasteiger partial charge in [0, 0.05) is 75.0 Å². The number of nitrogens with one attached hydrogen (secondary N) is 1. The van der Waals surface area contributed by atoms with Crippen molar-refractivity contribution >= 4 is 34.4 Å². The van der Waals surface area contributed by atoms with Gasteiger partial charge in [0.25, 0.3) is 5.91 Å². The first kappa shape index (κ1) is 39.4. The molecule has 2 amide bonds. The summed E-state index contributed by atoms with van der Waals surface area (Å²) in [4.78, 5) is 49.9. The maximum Gasteiger partial charge on any atom is 0.410 e. The van der Waals surface area contributed by atoms with Gasteiger partial charge in [-0.15, -0.1) is 0 Å². The quantitative estimate of drug-likeness (QED) is 0.298. The third kappa shape index (κ3) is 8.35. The number of rotatable bonds is 5. The number of esters is 1. The van der Waals surface area contributed by atoms with Gasteiger partial charge in [-0.25, -0.2) is 10.2 Å². The van der Waals surface area contributed by atoms with Gasteiger partial charge in [-0.1, -0.05) is 26.0 Å². The molecule has 12 heteroatoms. The van der Waals surface area contributed by atoms with Crippen LogP contribution in [-0.4, -0.2) is 107 Å². The van der Waals surface area contributed by atoms with E-state index in [0.717, 1.165) is 52.9 Å². The van der Waals surface area contributed by atoms with E-state index in [0.29, 0.717) is 38.9 Å². The Morgan fingerprint density at radius 2 is 1.96 bits per heavy atom. The van der Waals surface area contributed by atoms with E-state index in [1.807, 2.05) is 40.0 Å². The molecule has 0 saturated carbocycles. The number of likely N-dealkylation sites (N-methyl/N-ethyl adjacent to an activating group) is 1. The van der Waals surface area contributed by atoms with Crippen LogP contribution < -0.4 is 5.43 Å². The highest BCUT2D eigenvalue weighted by Gasteiger charge is 2.39. The highest BCUT2D eigenvalue weighted by atomic mass is 16.6. The highest BCUT2D eigenvalue weighted by molar-refractivity contribution is 5.95. The van der Waals surface area contributed by atoms with E-state index in [9.17, 15) is 14.4 Å². The van der Waals surface area contributed by atoms with Crippen LogP contribution in [0.25, 0.3) is 27.7 Å². The first-order valence-corrected chi connectivity index (χ1v) is 19.4. The molecule has 1 fully saturated rings. The van der Waals surface area contributed by atoms with Gasteiger partial charge in [-0.2, -0.15) is 0 Å². The van der Waals surface area contributed by atoms with Crippen LogP contribution in [0.3, 0.4) is 0 Å². The number of hydrogen-bond acceptors (Lipinski definition) is 9. The van der Waals surface area contributed by atoms with E-state index in [4.69, 9.17) is 19.2 Å². The number of cyclic esters (lactones) is 1. The SMILES string of the molecule is CCn1c(-c2cccnc2[C@H](C)OC)c2c3cc(ccc31)C1=CCCN(C1)C[C@H](N(C)C(=O)OC(C)(C)C)C(=O)N1CCC[C@H](N1)C(=O)OCC(C)(C)C2. The summed E-state index contributed by atoms with van der Waals surface area (Å²) in [6.07, 6.45) is 5.92. The highest BCUT2D eigenvalue weighted by Crippen LogP contribution is 2.41. The normalized spacial score (nSPS) is 22.9. The van der Waals surface area contributed by atoms with Crippen molar-refractivity contribution in [3.8, 4) is 11.3 Å². The summed E-state index contributed by atoms with van der Waals surface area (Å²) < 4.78 is 20.0. The van der Waals surface area contributed by atoms with E-state index in [-0.39, 0.29) is 18.6 Å². The molecule has 1 saturated heterocycles. The summed E-state index contributed by atoms with van der Waals surface area (Å²) in [5.41, 5.74) is 9.57. The second-order valence-electron chi connectivity index (χ2n) is 16.7. The second-order valence-corrected chi connectivity index (χ2v) is 16.7. The Morgan fingerprint density at radius 1 is 1.19 bits per heavy atom. The average molecular weight is 743 g/mol. The number of carbonyl (C=O) groups is 3. The van der Waals surface area contributed by atoms with Gasteiger partial charge in [-0.05, 0) is 101 Å². The summed E-state index contributed by atoms with van der Waals surface area (Å²) in [6.45, 7) is 16.9. The maximum absolute atomic E-state index is 14.3. The molecule has 4 atom stereocenters. The summed E-state index contributed by atoms with van der Waals surface area (Å²) in [7, 11) is 3.32. The minimum Gasteiger partial charge on any atom is -0.464 e. The largest absolute Gasteiger partial charge is 0.464 e. The number of aromatic nitrogens is 2. The average Bonchev–Trinajstić information content (AvgIpc) is 3.45. The van der Waals surface area contributed by atoms with Crippen molar-refractivity contribution in [1.82, 2.24) is 29.8 Å². The van der Waals surface area contributed by atoms with Crippen LogP contribution in [0.15, 0.2) is 42.6 Å². The van der Waals surface area contributed by atoms with E-state index < -0.39 is 35.2 Å². The van der Waals surface area contributed by atoms with Gasteiger partial charge >= 0.3 is 12.1 Å². The molecule has 1 N–H and O–H groups in total. The van der Waals surface area contributed by atoms with Crippen LogP contribution in [0, 0.1) is 5.41 Å². The maximum atomic E-state index is 14.3. The monoisotopic (exact) mass is 742 g/mol. The lowest BCUT2D eigenvalue weighted by atomic mass is 9.84. The molecule has 3 aliphatic heterocycles. The van der Waals surface area contributed by atoms with Crippen LogP contribution in [0.1, 0.15) is 90.7 Å². The van der Waals surface area contributed by atoms with Crippen LogP contribution in [0.5, 0.6) is 0 Å². The fourth-order valence-electron chi connectivity index (χ4n) is 7.93. The topological polar surface area (TPSA) is 118 Å². The fourth-order valence-corrected chi connectivity index (χ4v) is 7.93. The number of aryl methyl sites for hydroxylation is 1. The van der Waals surface area contributed by atoms with Crippen molar-refractivity contribution in [1.29, 1.82) is 0 Å². The lowest BCUT2D eigenvalue weighted by Crippen LogP contribution is -2.62. The zero-order valence-corrected chi connectivity index (χ0v) is 33.5. The first-order chi connectivity index (χ1) is 25.6. The third-order valence-electron chi connectivity index (χ3n) is 10.8. The molecular formula is C42H58N6O6. The molecule has 3 aliphatic rings. The number of nitrogens with zero attached hydrogens (tertiary/aromatic N) is 5. The molecule has 2 aromatic heterocycles. The van der Waals surface area contributed by atoms with Crippen LogP contribution in [0.4, 0.5) is 4.79 Å². The zero-order valence-electron chi connectivity index (χ0n) is 33.5. The van der Waals surface area contributed by atoms with Crippen LogP contribution >= 0.6 is 0 Å². The van der Waals surface area contributed by atoms with E-state index >= 15 is 0 Å². The predicted molar refractivity (Wildman–Crippen MR) is 209 cm³/mol. The number of methoxy groups -OCH3 is 1. The predicted octanol–water partition coefficient (Wildman–Crippen LogP) is 6.38. The van der Waals surface area contributed by atoms with Gasteiger partial charge in [0.1, 0.15) is 17.7 Å². The van der Waals surface area contributed by atoms with Crippen molar-refractivity contribution in [2.45, 2.75) is 104 Å². The number of ether oxygens (including phenoxy) is 3. The summed E-state index contributed by atoms with van der Waals surface area (Å²) >= 11 is 0.